The van der Waals surface area contributed by atoms with Gasteiger partial charge in [0.1, 0.15) is 5.75 Å². The summed E-state index contributed by atoms with van der Waals surface area (Å²) in [5.74, 6) is 1.51. The second-order valence-electron chi connectivity index (χ2n) is 2.62. The summed E-state index contributed by atoms with van der Waals surface area (Å²) in [6, 6.07) is 6.99. The molecule has 4 nitrogen and oxygen atoms in total. The van der Waals surface area contributed by atoms with Gasteiger partial charge < -0.3 is 9.63 Å². The van der Waals surface area contributed by atoms with Gasteiger partial charge in [0.25, 0.3) is 0 Å². The molecule has 0 unspecified atom stereocenters. The van der Waals surface area contributed by atoms with Crippen LogP contribution in [0, 0.1) is 0 Å². The zero-order valence-electron chi connectivity index (χ0n) is 7.25. The number of thioether (sulfide) groups is 1. The molecule has 0 aliphatic carbocycles. The number of rotatable bonds is 3. The summed E-state index contributed by atoms with van der Waals surface area (Å²) in [4.78, 5) is 4.96. The van der Waals surface area contributed by atoms with E-state index >= 15 is 0 Å². The molecule has 5 heteroatoms. The number of aromatic nitrogens is 2. The van der Waals surface area contributed by atoms with Gasteiger partial charge in [0.2, 0.25) is 5.89 Å². The van der Waals surface area contributed by atoms with Gasteiger partial charge in [-0.05, 0) is 24.3 Å². The van der Waals surface area contributed by atoms with Crippen molar-refractivity contribution in [1.29, 1.82) is 0 Å². The van der Waals surface area contributed by atoms with Crippen LogP contribution >= 0.6 is 11.8 Å². The zero-order valence-corrected chi connectivity index (χ0v) is 8.07. The lowest BCUT2D eigenvalue weighted by atomic mass is 10.3. The van der Waals surface area contributed by atoms with E-state index in [0.29, 0.717) is 11.6 Å². The van der Waals surface area contributed by atoms with Gasteiger partial charge in [-0.2, -0.15) is 4.98 Å². The van der Waals surface area contributed by atoms with Crippen LogP contribution in [-0.4, -0.2) is 15.2 Å². The second-order valence-corrected chi connectivity index (χ2v) is 3.67. The van der Waals surface area contributed by atoms with Crippen LogP contribution in [0.15, 0.2) is 40.0 Å². The maximum atomic E-state index is 9.06. The molecule has 0 saturated heterocycles. The number of hydrogen-bond acceptors (Lipinski definition) is 5. The Hall–Kier alpha value is -1.49. The van der Waals surface area contributed by atoms with Crippen molar-refractivity contribution in [3.8, 4) is 5.75 Å². The average Bonchev–Trinajstić information content (AvgIpc) is 2.70. The molecule has 1 heterocycles. The molecule has 1 aromatic heterocycles. The number of benzene rings is 1. The van der Waals surface area contributed by atoms with Gasteiger partial charge in [-0.3, -0.25) is 0 Å². The Labute approximate surface area is 85.0 Å². The van der Waals surface area contributed by atoms with Crippen molar-refractivity contribution in [2.75, 3.05) is 0 Å². The van der Waals surface area contributed by atoms with Crippen LogP contribution in [0.2, 0.25) is 0 Å². The van der Waals surface area contributed by atoms with E-state index in [-0.39, 0.29) is 5.75 Å². The number of aromatic hydroxyl groups is 1. The number of phenolic OH excluding ortho intramolecular Hbond substituents is 1. The van der Waals surface area contributed by atoms with Gasteiger partial charge in [-0.1, -0.05) is 5.16 Å². The molecule has 0 aliphatic rings. The van der Waals surface area contributed by atoms with Crippen LogP contribution in [-0.2, 0) is 5.75 Å². The van der Waals surface area contributed by atoms with E-state index in [9.17, 15) is 0 Å². The van der Waals surface area contributed by atoms with E-state index in [1.54, 1.807) is 23.9 Å². The van der Waals surface area contributed by atoms with Gasteiger partial charge in [0.15, 0.2) is 6.33 Å². The maximum absolute atomic E-state index is 9.06. The van der Waals surface area contributed by atoms with Crippen molar-refractivity contribution in [2.45, 2.75) is 10.6 Å². The Morgan fingerprint density at radius 3 is 2.71 bits per heavy atom. The Kier molecular flexibility index (Phi) is 2.69. The molecule has 2 aromatic rings. The van der Waals surface area contributed by atoms with Crippen LogP contribution in [0.4, 0.5) is 0 Å². The lowest BCUT2D eigenvalue weighted by molar-refractivity contribution is 0.390. The van der Waals surface area contributed by atoms with Crippen molar-refractivity contribution in [2.24, 2.45) is 0 Å². The van der Waals surface area contributed by atoms with E-state index in [0.717, 1.165) is 4.90 Å². The normalized spacial score (nSPS) is 10.3. The summed E-state index contributed by atoms with van der Waals surface area (Å²) in [6.45, 7) is 0. The number of hydrogen-bond donors (Lipinski definition) is 1. The Bertz CT molecular complexity index is 386. The van der Waals surface area contributed by atoms with Crippen molar-refractivity contribution in [3.05, 3.63) is 36.5 Å². The minimum absolute atomic E-state index is 0.271. The highest BCUT2D eigenvalue weighted by Gasteiger charge is 2.00. The van der Waals surface area contributed by atoms with Crippen LogP contribution < -0.4 is 0 Å². The van der Waals surface area contributed by atoms with Crippen molar-refractivity contribution in [1.82, 2.24) is 10.1 Å². The summed E-state index contributed by atoms with van der Waals surface area (Å²) in [6.07, 6.45) is 1.38. The molecule has 0 bridgehead atoms. The second kappa shape index (κ2) is 4.15. The van der Waals surface area contributed by atoms with Gasteiger partial charge in [0.05, 0.1) is 5.75 Å². The number of nitrogens with zero attached hydrogens (tertiary/aromatic N) is 2. The molecular weight excluding hydrogens is 200 g/mol. The topological polar surface area (TPSA) is 59.2 Å². The maximum Gasteiger partial charge on any atom is 0.236 e. The van der Waals surface area contributed by atoms with E-state index in [1.165, 1.54) is 6.33 Å². The summed E-state index contributed by atoms with van der Waals surface area (Å²) in [5.41, 5.74) is 0. The van der Waals surface area contributed by atoms with E-state index in [1.807, 2.05) is 12.1 Å². The lowest BCUT2D eigenvalue weighted by Gasteiger charge is -1.97. The first-order chi connectivity index (χ1) is 6.84. The standard InChI is InChI=1S/C9H8N2O2S/c12-7-1-3-8(4-2-7)14-5-9-10-6-11-13-9/h1-4,6,12H,5H2. The molecule has 2 rings (SSSR count). The number of phenols is 1. The third-order valence-electron chi connectivity index (χ3n) is 1.61. The fraction of sp³-hybridized carbons (Fsp3) is 0.111. The molecule has 72 valence electrons. The molecule has 0 amide bonds. The zero-order chi connectivity index (χ0) is 9.80. The molecule has 0 atom stereocenters. The molecule has 0 saturated carbocycles. The summed E-state index contributed by atoms with van der Waals surface area (Å²) in [7, 11) is 0. The van der Waals surface area contributed by atoms with E-state index in [2.05, 4.69) is 10.1 Å². The summed E-state index contributed by atoms with van der Waals surface area (Å²) < 4.78 is 4.85. The van der Waals surface area contributed by atoms with Gasteiger partial charge in [-0.15, -0.1) is 11.8 Å². The largest absolute Gasteiger partial charge is 0.508 e. The highest BCUT2D eigenvalue weighted by molar-refractivity contribution is 7.98. The van der Waals surface area contributed by atoms with Crippen LogP contribution in [0.1, 0.15) is 5.89 Å². The first kappa shape index (κ1) is 9.08. The van der Waals surface area contributed by atoms with Crippen molar-refractivity contribution >= 4 is 11.8 Å². The predicted octanol–water partition coefficient (Wildman–Crippen LogP) is 2.07. The highest BCUT2D eigenvalue weighted by Crippen LogP contribution is 2.23. The van der Waals surface area contributed by atoms with E-state index < -0.39 is 0 Å². The third-order valence-corrected chi connectivity index (χ3v) is 2.60. The summed E-state index contributed by atoms with van der Waals surface area (Å²) in [5, 5.41) is 12.6. The molecular formula is C9H8N2O2S. The van der Waals surface area contributed by atoms with Crippen LogP contribution in [0.25, 0.3) is 0 Å². The molecule has 0 aliphatic heterocycles. The van der Waals surface area contributed by atoms with Gasteiger partial charge in [-0.25, -0.2) is 0 Å². The van der Waals surface area contributed by atoms with Crippen LogP contribution in [0.5, 0.6) is 5.75 Å². The van der Waals surface area contributed by atoms with E-state index in [4.69, 9.17) is 9.63 Å². The highest BCUT2D eigenvalue weighted by atomic mass is 32.2. The molecule has 1 aromatic carbocycles. The molecule has 0 radical (unpaired) electrons. The quantitative estimate of drug-likeness (QED) is 0.782. The fourth-order valence-corrected chi connectivity index (χ4v) is 1.69. The molecule has 14 heavy (non-hydrogen) atoms. The first-order valence-corrected chi connectivity index (χ1v) is 5.00. The fourth-order valence-electron chi connectivity index (χ4n) is 0.947. The molecule has 0 spiro atoms. The minimum Gasteiger partial charge on any atom is -0.508 e. The monoisotopic (exact) mass is 208 g/mol. The summed E-state index contributed by atoms with van der Waals surface area (Å²) >= 11 is 1.58. The molecule has 1 N–H and O–H groups in total. The van der Waals surface area contributed by atoms with Crippen LogP contribution in [0.3, 0.4) is 0 Å². The van der Waals surface area contributed by atoms with Crippen molar-refractivity contribution in [3.63, 3.8) is 0 Å². The smallest absolute Gasteiger partial charge is 0.236 e. The van der Waals surface area contributed by atoms with Gasteiger partial charge in [0, 0.05) is 4.90 Å². The average molecular weight is 208 g/mol. The molecule has 0 fully saturated rings. The van der Waals surface area contributed by atoms with Crippen molar-refractivity contribution < 1.29 is 9.63 Å². The Balaban J connectivity index is 1.95. The SMILES string of the molecule is Oc1ccc(SCc2ncno2)cc1. The third kappa shape index (κ3) is 2.26. The first-order valence-electron chi connectivity index (χ1n) is 4.02. The predicted molar refractivity (Wildman–Crippen MR) is 52.0 cm³/mol. The lowest BCUT2D eigenvalue weighted by Crippen LogP contribution is -1.78. The Morgan fingerprint density at radius 2 is 2.07 bits per heavy atom. The Morgan fingerprint density at radius 1 is 1.29 bits per heavy atom. The van der Waals surface area contributed by atoms with Gasteiger partial charge >= 0.3 is 0 Å². The minimum atomic E-state index is 0.271.